The second-order valence-electron chi connectivity index (χ2n) is 6.21. The molecular weight excluding hydrogens is 296 g/mol. The Bertz CT molecular complexity index is 798. The molecule has 3 rings (SSSR count). The second-order valence-corrected chi connectivity index (χ2v) is 6.21. The largest absolute Gasteiger partial charge is 0.287 e. The number of nitrogens with two attached hydrogens (primary N) is 2. The Balaban J connectivity index is 1.89. The van der Waals surface area contributed by atoms with E-state index in [2.05, 4.69) is 35.1 Å². The molecule has 0 fully saturated rings. The van der Waals surface area contributed by atoms with Gasteiger partial charge in [-0.3, -0.25) is 11.5 Å². The lowest BCUT2D eigenvalue weighted by molar-refractivity contribution is -0.674. The summed E-state index contributed by atoms with van der Waals surface area (Å²) in [6.07, 6.45) is 4.02. The van der Waals surface area contributed by atoms with Crippen LogP contribution < -0.4 is 20.6 Å². The zero-order valence-corrected chi connectivity index (χ0v) is 14.2. The molecule has 0 saturated carbocycles. The number of benzene rings is 1. The molecule has 2 aromatic heterocycles. The second kappa shape index (κ2) is 6.71. The van der Waals surface area contributed by atoms with E-state index in [1.54, 1.807) is 0 Å². The maximum Gasteiger partial charge on any atom is 0.272 e. The average molecular weight is 320 g/mol. The molecule has 122 valence electrons. The standard InChI is InChI=1S/C20H22N4/c1-15-11-18(14-24-10-6-4-8-20(24)22)16(2)12-17(15)13-23-9-5-3-7-19(23)21/h3-12,21-22H,13-14H2,1-2H3/p+2. The molecule has 0 atom stereocenters. The van der Waals surface area contributed by atoms with Crippen molar-refractivity contribution in [2.75, 3.05) is 11.5 Å². The van der Waals surface area contributed by atoms with Gasteiger partial charge in [-0.1, -0.05) is 24.3 Å². The number of pyridine rings is 2. The van der Waals surface area contributed by atoms with Crippen LogP contribution in [0.4, 0.5) is 11.6 Å². The molecule has 0 aliphatic heterocycles. The van der Waals surface area contributed by atoms with E-state index in [-0.39, 0.29) is 0 Å². The van der Waals surface area contributed by atoms with Crippen molar-refractivity contribution >= 4 is 11.6 Å². The Morgan fingerprint density at radius 1 is 0.708 bits per heavy atom. The highest BCUT2D eigenvalue weighted by Gasteiger charge is 2.12. The first-order chi connectivity index (χ1) is 11.5. The van der Waals surface area contributed by atoms with Crippen molar-refractivity contribution < 1.29 is 9.13 Å². The number of nitrogen functional groups attached to an aromatic ring is 2. The molecule has 0 aliphatic rings. The number of hydrogen-bond acceptors (Lipinski definition) is 2. The van der Waals surface area contributed by atoms with E-state index >= 15 is 0 Å². The van der Waals surface area contributed by atoms with E-state index < -0.39 is 0 Å². The predicted molar refractivity (Wildman–Crippen MR) is 96.2 cm³/mol. The van der Waals surface area contributed by atoms with Gasteiger partial charge in [0.15, 0.2) is 0 Å². The molecule has 1 aromatic carbocycles. The molecule has 2 heterocycles. The maximum absolute atomic E-state index is 6.05. The topological polar surface area (TPSA) is 59.8 Å². The summed E-state index contributed by atoms with van der Waals surface area (Å²) in [5, 5.41) is 0. The monoisotopic (exact) mass is 320 g/mol. The first-order valence-electron chi connectivity index (χ1n) is 8.11. The fraction of sp³-hybridized carbons (Fsp3) is 0.200. The summed E-state index contributed by atoms with van der Waals surface area (Å²) in [5.74, 6) is 1.54. The van der Waals surface area contributed by atoms with Crippen molar-refractivity contribution in [2.24, 2.45) is 0 Å². The zero-order chi connectivity index (χ0) is 17.1. The smallest absolute Gasteiger partial charge is 0.272 e. The Kier molecular flexibility index (Phi) is 4.47. The van der Waals surface area contributed by atoms with Crippen LogP contribution >= 0.6 is 0 Å². The Morgan fingerprint density at radius 2 is 1.12 bits per heavy atom. The van der Waals surface area contributed by atoms with Gasteiger partial charge in [-0.05, 0) is 48.2 Å². The minimum Gasteiger partial charge on any atom is -0.287 e. The van der Waals surface area contributed by atoms with Gasteiger partial charge in [-0.2, -0.15) is 0 Å². The van der Waals surface area contributed by atoms with Gasteiger partial charge < -0.3 is 0 Å². The van der Waals surface area contributed by atoms with Crippen LogP contribution in [-0.2, 0) is 13.1 Å². The zero-order valence-electron chi connectivity index (χ0n) is 14.2. The van der Waals surface area contributed by atoms with E-state index in [9.17, 15) is 0 Å². The van der Waals surface area contributed by atoms with Gasteiger partial charge in [-0.15, -0.1) is 0 Å². The normalized spacial score (nSPS) is 10.8. The number of nitrogens with zero attached hydrogens (tertiary/aromatic N) is 2. The Morgan fingerprint density at radius 3 is 1.50 bits per heavy atom. The van der Waals surface area contributed by atoms with Crippen LogP contribution in [0.1, 0.15) is 22.3 Å². The van der Waals surface area contributed by atoms with E-state index in [0.29, 0.717) is 0 Å². The quantitative estimate of drug-likeness (QED) is 0.724. The van der Waals surface area contributed by atoms with Gasteiger partial charge in [0, 0.05) is 12.1 Å². The summed E-state index contributed by atoms with van der Waals surface area (Å²) < 4.78 is 4.12. The van der Waals surface area contributed by atoms with Crippen LogP contribution in [0.3, 0.4) is 0 Å². The van der Waals surface area contributed by atoms with Gasteiger partial charge >= 0.3 is 0 Å². The fourth-order valence-corrected chi connectivity index (χ4v) is 2.91. The lowest BCUT2D eigenvalue weighted by Gasteiger charge is -2.12. The van der Waals surface area contributed by atoms with Crippen LogP contribution in [0.15, 0.2) is 60.9 Å². The number of anilines is 2. The first-order valence-corrected chi connectivity index (χ1v) is 8.11. The molecule has 4 N–H and O–H groups in total. The highest BCUT2D eigenvalue weighted by atomic mass is 15.0. The maximum atomic E-state index is 6.05. The van der Waals surface area contributed by atoms with Crippen LogP contribution in [0.2, 0.25) is 0 Å². The van der Waals surface area contributed by atoms with E-state index in [4.69, 9.17) is 11.5 Å². The van der Waals surface area contributed by atoms with E-state index in [1.165, 1.54) is 22.3 Å². The predicted octanol–water partition coefficient (Wildman–Crippen LogP) is 2.14. The fourth-order valence-electron chi connectivity index (χ4n) is 2.91. The average Bonchev–Trinajstić information content (AvgIpc) is 2.56. The summed E-state index contributed by atoms with van der Waals surface area (Å²) >= 11 is 0. The molecule has 24 heavy (non-hydrogen) atoms. The number of aryl methyl sites for hydroxylation is 2. The third-order valence-corrected chi connectivity index (χ3v) is 4.43. The van der Waals surface area contributed by atoms with E-state index in [1.807, 2.05) is 48.8 Å². The molecule has 4 heteroatoms. The molecule has 4 nitrogen and oxygen atoms in total. The van der Waals surface area contributed by atoms with Crippen molar-refractivity contribution in [3.8, 4) is 0 Å². The summed E-state index contributed by atoms with van der Waals surface area (Å²) in [5.41, 5.74) is 17.2. The van der Waals surface area contributed by atoms with E-state index in [0.717, 1.165) is 24.7 Å². The molecule has 0 radical (unpaired) electrons. The van der Waals surface area contributed by atoms with Crippen molar-refractivity contribution in [1.82, 2.24) is 0 Å². The van der Waals surface area contributed by atoms with Crippen LogP contribution in [0.5, 0.6) is 0 Å². The SMILES string of the molecule is Cc1cc(C[n+]2ccccc2N)c(C)cc1C[n+]1ccccc1N. The summed E-state index contributed by atoms with van der Waals surface area (Å²) in [6, 6.07) is 16.3. The molecule has 0 unspecified atom stereocenters. The highest BCUT2D eigenvalue weighted by Crippen LogP contribution is 2.17. The molecule has 0 spiro atoms. The van der Waals surface area contributed by atoms with Crippen LogP contribution in [-0.4, -0.2) is 0 Å². The van der Waals surface area contributed by atoms with Crippen molar-refractivity contribution in [1.29, 1.82) is 0 Å². The molecule has 0 bridgehead atoms. The summed E-state index contributed by atoms with van der Waals surface area (Å²) in [4.78, 5) is 0. The molecule has 0 aliphatic carbocycles. The molecule has 0 saturated heterocycles. The number of rotatable bonds is 4. The van der Waals surface area contributed by atoms with Crippen LogP contribution in [0, 0.1) is 13.8 Å². The Labute approximate surface area is 143 Å². The molecular formula is C20H24N4+2. The van der Waals surface area contributed by atoms with Gasteiger partial charge in [0.2, 0.25) is 0 Å². The number of hydrogen-bond donors (Lipinski definition) is 2. The lowest BCUT2D eigenvalue weighted by Crippen LogP contribution is -2.38. The third kappa shape index (κ3) is 3.38. The first kappa shape index (κ1) is 16.0. The number of aromatic nitrogens is 2. The van der Waals surface area contributed by atoms with Crippen LogP contribution in [0.25, 0.3) is 0 Å². The van der Waals surface area contributed by atoms with Gasteiger partial charge in [0.1, 0.15) is 13.1 Å². The van der Waals surface area contributed by atoms with Crippen molar-refractivity contribution in [2.45, 2.75) is 26.9 Å². The van der Waals surface area contributed by atoms with Gasteiger partial charge in [0.05, 0.1) is 12.4 Å². The van der Waals surface area contributed by atoms with Crippen molar-refractivity contribution in [3.05, 3.63) is 83.2 Å². The minimum absolute atomic E-state index is 0.770. The highest BCUT2D eigenvalue weighted by molar-refractivity contribution is 5.37. The summed E-state index contributed by atoms with van der Waals surface area (Å²) in [7, 11) is 0. The third-order valence-electron chi connectivity index (χ3n) is 4.43. The molecule has 0 amide bonds. The minimum atomic E-state index is 0.770. The van der Waals surface area contributed by atoms with Crippen molar-refractivity contribution in [3.63, 3.8) is 0 Å². The van der Waals surface area contributed by atoms with Gasteiger partial charge in [-0.25, -0.2) is 9.13 Å². The lowest BCUT2D eigenvalue weighted by atomic mass is 9.99. The Hall–Kier alpha value is -2.88. The van der Waals surface area contributed by atoms with Gasteiger partial charge in [0.25, 0.3) is 11.6 Å². The summed E-state index contributed by atoms with van der Waals surface area (Å²) in [6.45, 7) is 5.86. The molecule has 3 aromatic rings.